The number of carbonyl (C=O) groups is 4. The van der Waals surface area contributed by atoms with Crippen LogP contribution < -0.4 is 27.4 Å². The Morgan fingerprint density at radius 2 is 1.69 bits per heavy atom. The summed E-state index contributed by atoms with van der Waals surface area (Å²) < 4.78 is 0. The van der Waals surface area contributed by atoms with Crippen molar-refractivity contribution in [1.29, 1.82) is 0 Å². The molecule has 4 unspecified atom stereocenters. The van der Waals surface area contributed by atoms with Gasteiger partial charge in [-0.2, -0.15) is 0 Å². The summed E-state index contributed by atoms with van der Waals surface area (Å²) in [6, 6.07) is -3.90. The Bertz CT molecular complexity index is 754. The van der Waals surface area contributed by atoms with E-state index in [2.05, 4.69) is 25.9 Å². The predicted octanol–water partition coefficient (Wildman–Crippen LogP) is -1.38. The van der Waals surface area contributed by atoms with Crippen LogP contribution in [-0.2, 0) is 25.6 Å². The zero-order valence-electron chi connectivity index (χ0n) is 18.8. The number of nitrogens with zero attached hydrogens (tertiary/aromatic N) is 1. The standard InChI is InChI=1S/C20H35N7O5/c1-11(2)16(22)19(30)26-14(6-4-5-7-21)18(29)25-12(3)17(28)27-15(20(31)32)8-13-9-23-10-24-13/h9-12,14-16H,4-8,21-22H2,1-3H3,(H,23,24)(H,25,29)(H,26,30)(H,27,28)(H,31,32). The van der Waals surface area contributed by atoms with Crippen LogP contribution >= 0.6 is 0 Å². The maximum absolute atomic E-state index is 12.7. The molecule has 1 aromatic rings. The van der Waals surface area contributed by atoms with Crippen molar-refractivity contribution in [3.63, 3.8) is 0 Å². The fourth-order valence-electron chi connectivity index (χ4n) is 2.82. The molecule has 0 bridgehead atoms. The Balaban J connectivity index is 2.75. The third-order valence-electron chi connectivity index (χ3n) is 4.95. The van der Waals surface area contributed by atoms with Gasteiger partial charge in [-0.3, -0.25) is 14.4 Å². The molecule has 3 amide bonds. The first-order valence-corrected chi connectivity index (χ1v) is 10.6. The van der Waals surface area contributed by atoms with Gasteiger partial charge >= 0.3 is 5.97 Å². The first-order valence-electron chi connectivity index (χ1n) is 10.6. The van der Waals surface area contributed by atoms with Crippen LogP contribution in [0.3, 0.4) is 0 Å². The average molecular weight is 454 g/mol. The topological polar surface area (TPSA) is 205 Å². The minimum absolute atomic E-state index is 0.00655. The molecule has 4 atom stereocenters. The third kappa shape index (κ3) is 9.02. The van der Waals surface area contributed by atoms with Crippen molar-refractivity contribution in [3.05, 3.63) is 18.2 Å². The monoisotopic (exact) mass is 453 g/mol. The zero-order chi connectivity index (χ0) is 24.3. The number of nitrogens with two attached hydrogens (primary N) is 2. The van der Waals surface area contributed by atoms with E-state index in [9.17, 15) is 24.3 Å². The molecule has 1 heterocycles. The molecule has 32 heavy (non-hydrogen) atoms. The molecule has 0 aliphatic rings. The van der Waals surface area contributed by atoms with Crippen LogP contribution in [0.1, 0.15) is 45.7 Å². The highest BCUT2D eigenvalue weighted by Gasteiger charge is 2.29. The summed E-state index contributed by atoms with van der Waals surface area (Å²) in [6.45, 7) is 5.46. The van der Waals surface area contributed by atoms with Gasteiger partial charge in [0.1, 0.15) is 18.1 Å². The van der Waals surface area contributed by atoms with Gasteiger partial charge in [0, 0.05) is 18.3 Å². The molecule has 9 N–H and O–H groups in total. The Labute approximate surface area is 187 Å². The number of hydrogen-bond donors (Lipinski definition) is 7. The van der Waals surface area contributed by atoms with Crippen molar-refractivity contribution in [2.75, 3.05) is 6.54 Å². The van der Waals surface area contributed by atoms with Crippen molar-refractivity contribution in [3.8, 4) is 0 Å². The Morgan fingerprint density at radius 1 is 1.03 bits per heavy atom. The van der Waals surface area contributed by atoms with E-state index >= 15 is 0 Å². The third-order valence-corrected chi connectivity index (χ3v) is 4.95. The van der Waals surface area contributed by atoms with E-state index in [1.807, 2.05) is 0 Å². The van der Waals surface area contributed by atoms with Gasteiger partial charge in [0.25, 0.3) is 0 Å². The van der Waals surface area contributed by atoms with Gasteiger partial charge in [0.15, 0.2) is 0 Å². The lowest BCUT2D eigenvalue weighted by Crippen LogP contribution is -2.57. The number of aliphatic carboxylic acids is 1. The van der Waals surface area contributed by atoms with E-state index in [1.165, 1.54) is 19.4 Å². The maximum Gasteiger partial charge on any atom is 0.326 e. The number of carboxylic acid groups (broad SMARTS) is 1. The van der Waals surface area contributed by atoms with E-state index in [0.717, 1.165) is 0 Å². The minimum atomic E-state index is -1.22. The molecule has 12 heteroatoms. The van der Waals surface area contributed by atoms with Gasteiger partial charge in [-0.25, -0.2) is 9.78 Å². The molecule has 0 aliphatic heterocycles. The molecular weight excluding hydrogens is 418 g/mol. The Hall–Kier alpha value is -2.99. The van der Waals surface area contributed by atoms with E-state index in [4.69, 9.17) is 11.5 Å². The first-order chi connectivity index (χ1) is 15.1. The lowest BCUT2D eigenvalue weighted by atomic mass is 10.0. The van der Waals surface area contributed by atoms with E-state index in [1.54, 1.807) is 13.8 Å². The lowest BCUT2D eigenvalue weighted by molar-refractivity contribution is -0.142. The number of carbonyl (C=O) groups excluding carboxylic acids is 3. The molecule has 0 aliphatic carbocycles. The molecule has 0 spiro atoms. The Kier molecular flexibility index (Phi) is 11.3. The first kappa shape index (κ1) is 27.0. The number of imidazole rings is 1. The van der Waals surface area contributed by atoms with Crippen molar-refractivity contribution in [2.24, 2.45) is 17.4 Å². The SMILES string of the molecule is CC(NC(=O)C(CCCCN)NC(=O)C(N)C(C)C)C(=O)NC(Cc1cnc[nH]1)C(=O)O. The fraction of sp³-hybridized carbons (Fsp3) is 0.650. The van der Waals surface area contributed by atoms with Gasteiger partial charge < -0.3 is 37.5 Å². The van der Waals surface area contributed by atoms with E-state index < -0.39 is 47.9 Å². The largest absolute Gasteiger partial charge is 0.480 e. The van der Waals surface area contributed by atoms with Gasteiger partial charge in [-0.05, 0) is 38.6 Å². The van der Waals surface area contributed by atoms with Crippen molar-refractivity contribution < 1.29 is 24.3 Å². The number of aromatic amines is 1. The molecule has 0 radical (unpaired) electrons. The second-order valence-electron chi connectivity index (χ2n) is 8.03. The van der Waals surface area contributed by atoms with Crippen LogP contribution in [0.4, 0.5) is 0 Å². The molecule has 0 aromatic carbocycles. The second-order valence-corrected chi connectivity index (χ2v) is 8.03. The summed E-state index contributed by atoms with van der Waals surface area (Å²) in [5.41, 5.74) is 11.9. The smallest absolute Gasteiger partial charge is 0.326 e. The van der Waals surface area contributed by atoms with Crippen LogP contribution in [0.5, 0.6) is 0 Å². The van der Waals surface area contributed by atoms with Crippen molar-refractivity contribution in [1.82, 2.24) is 25.9 Å². The fourth-order valence-corrected chi connectivity index (χ4v) is 2.82. The summed E-state index contributed by atoms with van der Waals surface area (Å²) >= 11 is 0. The van der Waals surface area contributed by atoms with Crippen LogP contribution in [0.25, 0.3) is 0 Å². The van der Waals surface area contributed by atoms with Gasteiger partial charge in [-0.15, -0.1) is 0 Å². The number of unbranched alkanes of at least 4 members (excludes halogenated alkanes) is 1. The van der Waals surface area contributed by atoms with Crippen molar-refractivity contribution in [2.45, 2.75) is 70.6 Å². The number of hydrogen-bond acceptors (Lipinski definition) is 7. The van der Waals surface area contributed by atoms with E-state index in [0.29, 0.717) is 31.5 Å². The molecule has 1 rings (SSSR count). The van der Waals surface area contributed by atoms with E-state index in [-0.39, 0.29) is 12.3 Å². The molecule has 0 fully saturated rings. The summed E-state index contributed by atoms with van der Waals surface area (Å²) in [6.07, 6.45) is 4.46. The normalized spacial score (nSPS) is 14.8. The number of H-pyrrole nitrogens is 1. The molecule has 12 nitrogen and oxygen atoms in total. The minimum Gasteiger partial charge on any atom is -0.480 e. The number of aromatic nitrogens is 2. The molecule has 0 saturated heterocycles. The van der Waals surface area contributed by atoms with Gasteiger partial charge in [0.2, 0.25) is 17.7 Å². The number of amides is 3. The molecular formula is C20H35N7O5. The number of nitrogens with one attached hydrogen (secondary N) is 4. The lowest BCUT2D eigenvalue weighted by Gasteiger charge is -2.24. The predicted molar refractivity (Wildman–Crippen MR) is 117 cm³/mol. The van der Waals surface area contributed by atoms with Crippen LogP contribution in [0.15, 0.2) is 12.5 Å². The number of carboxylic acids is 1. The molecule has 1 aromatic heterocycles. The summed E-state index contributed by atoms with van der Waals surface area (Å²) in [4.78, 5) is 55.7. The van der Waals surface area contributed by atoms with Gasteiger partial charge in [0.05, 0.1) is 12.4 Å². The quantitative estimate of drug-likeness (QED) is 0.167. The van der Waals surface area contributed by atoms with Gasteiger partial charge in [-0.1, -0.05) is 13.8 Å². The summed E-state index contributed by atoms with van der Waals surface area (Å²) in [5.74, 6) is -3.03. The summed E-state index contributed by atoms with van der Waals surface area (Å²) in [7, 11) is 0. The molecule has 0 saturated carbocycles. The Morgan fingerprint density at radius 3 is 2.22 bits per heavy atom. The van der Waals surface area contributed by atoms with Crippen LogP contribution in [0.2, 0.25) is 0 Å². The highest BCUT2D eigenvalue weighted by Crippen LogP contribution is 2.05. The summed E-state index contributed by atoms with van der Waals surface area (Å²) in [5, 5.41) is 17.0. The zero-order valence-corrected chi connectivity index (χ0v) is 18.8. The highest BCUT2D eigenvalue weighted by atomic mass is 16.4. The van der Waals surface area contributed by atoms with Crippen LogP contribution in [0, 0.1) is 5.92 Å². The molecule has 180 valence electrons. The van der Waals surface area contributed by atoms with Crippen LogP contribution in [-0.4, -0.2) is 69.5 Å². The maximum atomic E-state index is 12.7. The highest BCUT2D eigenvalue weighted by molar-refractivity contribution is 5.93. The van der Waals surface area contributed by atoms with Crippen molar-refractivity contribution >= 4 is 23.7 Å². The second kappa shape index (κ2) is 13.4. The number of rotatable bonds is 14. The average Bonchev–Trinajstić information content (AvgIpc) is 3.24.